The number of benzene rings is 1. The molecule has 0 atom stereocenters. The predicted molar refractivity (Wildman–Crippen MR) is 65.6 cm³/mol. The van der Waals surface area contributed by atoms with Crippen LogP contribution in [-0.4, -0.2) is 11.1 Å². The Hall–Kier alpha value is -1.78. The maximum absolute atomic E-state index is 10.8. The van der Waals surface area contributed by atoms with Gasteiger partial charge in [0.15, 0.2) is 0 Å². The van der Waals surface area contributed by atoms with Crippen LogP contribution >= 0.6 is 11.6 Å². The molecule has 1 aromatic carbocycles. The Bertz CT molecular complexity index is 530. The first-order valence-corrected chi connectivity index (χ1v) is 5.66. The molecule has 0 saturated heterocycles. The summed E-state index contributed by atoms with van der Waals surface area (Å²) in [4.78, 5) is 10.8. The van der Waals surface area contributed by atoms with Crippen molar-refractivity contribution in [2.45, 2.75) is 13.2 Å². The van der Waals surface area contributed by atoms with Gasteiger partial charge in [-0.15, -0.1) is 0 Å². The van der Waals surface area contributed by atoms with Crippen molar-refractivity contribution in [2.24, 2.45) is 0 Å². The summed E-state index contributed by atoms with van der Waals surface area (Å²) in [6, 6.07) is 8.86. The number of hydrogen-bond acceptors (Lipinski definition) is 3. The number of hydrogen-bond donors (Lipinski definition) is 1. The number of furan rings is 1. The molecule has 2 aromatic rings. The van der Waals surface area contributed by atoms with E-state index in [9.17, 15) is 4.79 Å². The zero-order valence-corrected chi connectivity index (χ0v) is 10.2. The van der Waals surface area contributed by atoms with Crippen molar-refractivity contribution in [2.75, 3.05) is 0 Å². The van der Waals surface area contributed by atoms with E-state index in [1.54, 1.807) is 18.2 Å². The summed E-state index contributed by atoms with van der Waals surface area (Å²) >= 11 is 5.76. The van der Waals surface area contributed by atoms with Crippen molar-refractivity contribution < 1.29 is 19.1 Å². The van der Waals surface area contributed by atoms with Crippen LogP contribution in [0.2, 0.25) is 5.02 Å². The molecule has 0 aliphatic heterocycles. The van der Waals surface area contributed by atoms with Crippen molar-refractivity contribution in [1.82, 2.24) is 0 Å². The zero-order chi connectivity index (χ0) is 13.0. The van der Waals surface area contributed by atoms with Crippen LogP contribution in [0.15, 0.2) is 41.0 Å². The predicted octanol–water partition coefficient (Wildman–Crippen LogP) is 3.35. The molecule has 0 bridgehead atoms. The fourth-order valence-corrected chi connectivity index (χ4v) is 1.62. The van der Waals surface area contributed by atoms with Gasteiger partial charge in [0.1, 0.15) is 0 Å². The molecule has 18 heavy (non-hydrogen) atoms. The first kappa shape index (κ1) is 12.7. The standard InChI is InChI=1S/C13H11ClO4/c14-11-3-1-9(2-4-11)7-17-8-10-5-6-18-12(10)13(15)16/h1-6H,7-8H2,(H,15,16). The van der Waals surface area contributed by atoms with Crippen molar-refractivity contribution in [3.05, 3.63) is 58.5 Å². The molecule has 1 N–H and O–H groups in total. The Morgan fingerprint density at radius 1 is 1.22 bits per heavy atom. The molecule has 0 fully saturated rings. The summed E-state index contributed by atoms with van der Waals surface area (Å²) in [7, 11) is 0. The quantitative estimate of drug-likeness (QED) is 0.902. The SMILES string of the molecule is O=C(O)c1occc1COCc1ccc(Cl)cc1. The summed E-state index contributed by atoms with van der Waals surface area (Å²) in [5.74, 6) is -1.17. The Morgan fingerprint density at radius 3 is 2.61 bits per heavy atom. The van der Waals surface area contributed by atoms with Gasteiger partial charge in [-0.25, -0.2) is 4.79 Å². The number of rotatable bonds is 5. The molecule has 0 radical (unpaired) electrons. The minimum absolute atomic E-state index is 0.0777. The lowest BCUT2D eigenvalue weighted by molar-refractivity contribution is 0.0646. The molecule has 0 spiro atoms. The van der Waals surface area contributed by atoms with Crippen molar-refractivity contribution >= 4 is 17.6 Å². The third kappa shape index (κ3) is 3.12. The maximum atomic E-state index is 10.8. The number of carboxylic acids is 1. The fraction of sp³-hybridized carbons (Fsp3) is 0.154. The molecule has 0 amide bonds. The van der Waals surface area contributed by atoms with Gasteiger partial charge in [-0.2, -0.15) is 0 Å². The van der Waals surface area contributed by atoms with Crippen LogP contribution in [0.1, 0.15) is 21.7 Å². The van der Waals surface area contributed by atoms with Gasteiger partial charge in [0.2, 0.25) is 5.76 Å². The largest absolute Gasteiger partial charge is 0.475 e. The molecule has 1 aromatic heterocycles. The first-order valence-electron chi connectivity index (χ1n) is 5.28. The van der Waals surface area contributed by atoms with E-state index in [1.807, 2.05) is 12.1 Å². The Balaban J connectivity index is 1.90. The number of aromatic carboxylic acids is 1. The second-order valence-corrected chi connectivity index (χ2v) is 4.14. The lowest BCUT2D eigenvalue weighted by Gasteiger charge is -2.03. The summed E-state index contributed by atoms with van der Waals surface area (Å²) in [5, 5.41) is 9.51. The molecule has 0 unspecified atom stereocenters. The topological polar surface area (TPSA) is 59.7 Å². The Labute approximate surface area is 109 Å². The van der Waals surface area contributed by atoms with Gasteiger partial charge in [0.05, 0.1) is 19.5 Å². The van der Waals surface area contributed by atoms with Crippen LogP contribution in [0, 0.1) is 0 Å². The van der Waals surface area contributed by atoms with Crippen molar-refractivity contribution in [3.63, 3.8) is 0 Å². The monoisotopic (exact) mass is 266 g/mol. The lowest BCUT2D eigenvalue weighted by Crippen LogP contribution is -2.01. The summed E-state index contributed by atoms with van der Waals surface area (Å²) < 4.78 is 10.3. The van der Waals surface area contributed by atoms with E-state index in [1.165, 1.54) is 6.26 Å². The van der Waals surface area contributed by atoms with Crippen LogP contribution in [0.3, 0.4) is 0 Å². The second kappa shape index (κ2) is 5.71. The Morgan fingerprint density at radius 2 is 1.94 bits per heavy atom. The third-order valence-corrected chi connectivity index (χ3v) is 2.63. The highest BCUT2D eigenvalue weighted by Gasteiger charge is 2.13. The average molecular weight is 267 g/mol. The van der Waals surface area contributed by atoms with E-state index in [0.717, 1.165) is 5.56 Å². The molecule has 0 aliphatic rings. The lowest BCUT2D eigenvalue weighted by atomic mass is 10.2. The van der Waals surface area contributed by atoms with Crippen molar-refractivity contribution in [1.29, 1.82) is 0 Å². The van der Waals surface area contributed by atoms with E-state index in [2.05, 4.69) is 0 Å². The van der Waals surface area contributed by atoms with Gasteiger partial charge in [-0.05, 0) is 23.8 Å². The zero-order valence-electron chi connectivity index (χ0n) is 9.43. The smallest absolute Gasteiger partial charge is 0.372 e. The minimum Gasteiger partial charge on any atom is -0.475 e. The minimum atomic E-state index is -1.09. The molecule has 0 saturated carbocycles. The van der Waals surface area contributed by atoms with Gasteiger partial charge in [-0.3, -0.25) is 0 Å². The molecule has 4 nitrogen and oxygen atoms in total. The van der Waals surface area contributed by atoms with Crippen molar-refractivity contribution in [3.8, 4) is 0 Å². The van der Waals surface area contributed by atoms with Gasteiger partial charge in [0, 0.05) is 10.6 Å². The van der Waals surface area contributed by atoms with Crippen LogP contribution in [0.5, 0.6) is 0 Å². The number of carboxylic acid groups (broad SMARTS) is 1. The number of carbonyl (C=O) groups is 1. The molecule has 2 rings (SSSR count). The van der Waals surface area contributed by atoms with Gasteiger partial charge in [-0.1, -0.05) is 23.7 Å². The van der Waals surface area contributed by atoms with Crippen LogP contribution < -0.4 is 0 Å². The highest BCUT2D eigenvalue weighted by atomic mass is 35.5. The average Bonchev–Trinajstić information content (AvgIpc) is 2.80. The maximum Gasteiger partial charge on any atom is 0.372 e. The van der Waals surface area contributed by atoms with E-state index in [4.69, 9.17) is 25.9 Å². The summed E-state index contributed by atoms with van der Waals surface area (Å²) in [5.41, 5.74) is 1.50. The van der Waals surface area contributed by atoms with Gasteiger partial charge < -0.3 is 14.3 Å². The van der Waals surface area contributed by atoms with Crippen LogP contribution in [-0.2, 0) is 18.0 Å². The van der Waals surface area contributed by atoms with E-state index >= 15 is 0 Å². The van der Waals surface area contributed by atoms with E-state index < -0.39 is 5.97 Å². The third-order valence-electron chi connectivity index (χ3n) is 2.38. The molecule has 5 heteroatoms. The van der Waals surface area contributed by atoms with E-state index in [-0.39, 0.29) is 12.4 Å². The molecule has 0 aliphatic carbocycles. The molecule has 94 valence electrons. The number of ether oxygens (including phenoxy) is 1. The fourth-order valence-electron chi connectivity index (χ4n) is 1.50. The first-order chi connectivity index (χ1) is 8.66. The summed E-state index contributed by atoms with van der Waals surface area (Å²) in [6.45, 7) is 0.585. The molecular formula is C13H11ClO4. The van der Waals surface area contributed by atoms with Crippen LogP contribution in [0.25, 0.3) is 0 Å². The highest BCUT2D eigenvalue weighted by molar-refractivity contribution is 6.30. The van der Waals surface area contributed by atoms with Gasteiger partial charge >= 0.3 is 5.97 Å². The molecule has 1 heterocycles. The van der Waals surface area contributed by atoms with Gasteiger partial charge in [0.25, 0.3) is 0 Å². The normalized spacial score (nSPS) is 10.5. The number of halogens is 1. The Kier molecular flexibility index (Phi) is 4.02. The summed E-state index contributed by atoms with van der Waals surface area (Å²) in [6.07, 6.45) is 1.34. The molecular weight excluding hydrogens is 256 g/mol. The van der Waals surface area contributed by atoms with Crippen LogP contribution in [0.4, 0.5) is 0 Å². The second-order valence-electron chi connectivity index (χ2n) is 3.70. The highest BCUT2D eigenvalue weighted by Crippen LogP contribution is 2.14. The van der Waals surface area contributed by atoms with E-state index in [0.29, 0.717) is 17.2 Å².